The SMILES string of the molecule is CN1CCN(Cc2nc3cc(C(=O)O)ccn3n2)CC1. The molecule has 3 rings (SSSR count). The molecule has 7 nitrogen and oxygen atoms in total. The van der Waals surface area contributed by atoms with Crippen molar-refractivity contribution in [3.8, 4) is 0 Å². The number of aromatic nitrogens is 3. The Balaban J connectivity index is 1.77. The van der Waals surface area contributed by atoms with Crippen LogP contribution in [0.1, 0.15) is 16.2 Å². The van der Waals surface area contributed by atoms with Gasteiger partial charge >= 0.3 is 5.97 Å². The molecule has 7 heteroatoms. The number of carboxylic acids is 1. The van der Waals surface area contributed by atoms with Crippen molar-refractivity contribution in [2.75, 3.05) is 33.2 Å². The highest BCUT2D eigenvalue weighted by Crippen LogP contribution is 2.09. The Morgan fingerprint density at radius 3 is 2.80 bits per heavy atom. The molecule has 1 N–H and O–H groups in total. The molecule has 0 saturated carbocycles. The molecule has 0 atom stereocenters. The lowest BCUT2D eigenvalue weighted by Gasteiger charge is -2.31. The van der Waals surface area contributed by atoms with Gasteiger partial charge in [0.2, 0.25) is 0 Å². The predicted octanol–water partition coefficient (Wildman–Crippen LogP) is 0.175. The number of carbonyl (C=O) groups is 1. The quantitative estimate of drug-likeness (QED) is 0.861. The molecule has 0 aromatic carbocycles. The Hall–Kier alpha value is -1.99. The molecule has 106 valence electrons. The second-order valence-corrected chi connectivity index (χ2v) is 5.13. The van der Waals surface area contributed by atoms with E-state index in [1.807, 2.05) is 0 Å². The molecule has 0 amide bonds. The van der Waals surface area contributed by atoms with E-state index in [1.54, 1.807) is 16.8 Å². The zero-order chi connectivity index (χ0) is 14.1. The molecule has 1 aliphatic rings. The maximum absolute atomic E-state index is 10.9. The highest BCUT2D eigenvalue weighted by molar-refractivity contribution is 5.88. The summed E-state index contributed by atoms with van der Waals surface area (Å²) < 4.78 is 1.62. The first-order chi connectivity index (χ1) is 9.61. The highest BCUT2D eigenvalue weighted by Gasteiger charge is 2.16. The molecule has 0 unspecified atom stereocenters. The molecule has 0 bridgehead atoms. The number of aromatic carboxylic acids is 1. The average Bonchev–Trinajstić information content (AvgIpc) is 2.82. The van der Waals surface area contributed by atoms with Crippen LogP contribution < -0.4 is 0 Å². The number of hydrogen-bond donors (Lipinski definition) is 1. The van der Waals surface area contributed by atoms with E-state index in [9.17, 15) is 4.79 Å². The molecule has 1 fully saturated rings. The summed E-state index contributed by atoms with van der Waals surface area (Å²) in [5.41, 5.74) is 0.810. The molecule has 1 aliphatic heterocycles. The third-order valence-corrected chi connectivity index (χ3v) is 3.59. The number of carboxylic acid groups (broad SMARTS) is 1. The number of likely N-dealkylation sites (N-methyl/N-ethyl adjacent to an activating group) is 1. The second kappa shape index (κ2) is 5.18. The Morgan fingerprint density at radius 1 is 1.35 bits per heavy atom. The van der Waals surface area contributed by atoms with Crippen LogP contribution in [0, 0.1) is 0 Å². The maximum Gasteiger partial charge on any atom is 0.335 e. The Morgan fingerprint density at radius 2 is 2.10 bits per heavy atom. The number of pyridine rings is 1. The van der Waals surface area contributed by atoms with Crippen LogP contribution in [0.2, 0.25) is 0 Å². The molecule has 0 aliphatic carbocycles. The lowest BCUT2D eigenvalue weighted by molar-refractivity contribution is 0.0697. The summed E-state index contributed by atoms with van der Waals surface area (Å²) in [5, 5.41) is 13.4. The fourth-order valence-corrected chi connectivity index (χ4v) is 2.33. The first-order valence-corrected chi connectivity index (χ1v) is 6.61. The highest BCUT2D eigenvalue weighted by atomic mass is 16.4. The van der Waals surface area contributed by atoms with Gasteiger partial charge in [-0.3, -0.25) is 4.90 Å². The summed E-state index contributed by atoms with van der Waals surface area (Å²) in [6.45, 7) is 4.82. The molecular formula is C13H17N5O2. The van der Waals surface area contributed by atoms with E-state index in [4.69, 9.17) is 5.11 Å². The van der Waals surface area contributed by atoms with Gasteiger partial charge in [-0.05, 0) is 19.2 Å². The van der Waals surface area contributed by atoms with Gasteiger partial charge in [0.1, 0.15) is 0 Å². The minimum Gasteiger partial charge on any atom is -0.478 e. The molecular weight excluding hydrogens is 258 g/mol. The molecule has 2 aromatic heterocycles. The number of nitrogens with zero attached hydrogens (tertiary/aromatic N) is 5. The van der Waals surface area contributed by atoms with E-state index >= 15 is 0 Å². The monoisotopic (exact) mass is 275 g/mol. The first-order valence-electron chi connectivity index (χ1n) is 6.61. The Bertz CT molecular complexity index is 631. The zero-order valence-corrected chi connectivity index (χ0v) is 11.4. The van der Waals surface area contributed by atoms with Crippen molar-refractivity contribution in [2.24, 2.45) is 0 Å². The van der Waals surface area contributed by atoms with Gasteiger partial charge in [-0.25, -0.2) is 14.3 Å². The van der Waals surface area contributed by atoms with Crippen LogP contribution in [-0.2, 0) is 6.54 Å². The van der Waals surface area contributed by atoms with E-state index < -0.39 is 5.97 Å². The fraction of sp³-hybridized carbons (Fsp3) is 0.462. The van der Waals surface area contributed by atoms with Gasteiger partial charge < -0.3 is 10.0 Å². The van der Waals surface area contributed by atoms with Gasteiger partial charge in [-0.1, -0.05) is 0 Å². The molecule has 3 heterocycles. The third kappa shape index (κ3) is 2.63. The van der Waals surface area contributed by atoms with Gasteiger partial charge in [-0.15, -0.1) is 5.10 Å². The summed E-state index contributed by atoms with van der Waals surface area (Å²) in [6, 6.07) is 3.08. The van der Waals surface area contributed by atoms with Crippen LogP contribution in [0.3, 0.4) is 0 Å². The van der Waals surface area contributed by atoms with Gasteiger partial charge in [-0.2, -0.15) is 0 Å². The van der Waals surface area contributed by atoms with Crippen LogP contribution in [-0.4, -0.2) is 68.7 Å². The minimum absolute atomic E-state index is 0.232. The van der Waals surface area contributed by atoms with Gasteiger partial charge in [0, 0.05) is 32.4 Å². The van der Waals surface area contributed by atoms with Crippen molar-refractivity contribution in [1.29, 1.82) is 0 Å². The van der Waals surface area contributed by atoms with E-state index in [-0.39, 0.29) is 5.56 Å². The van der Waals surface area contributed by atoms with E-state index in [2.05, 4.69) is 26.9 Å². The second-order valence-electron chi connectivity index (χ2n) is 5.13. The Kier molecular flexibility index (Phi) is 3.37. The molecule has 1 saturated heterocycles. The zero-order valence-electron chi connectivity index (χ0n) is 11.4. The smallest absolute Gasteiger partial charge is 0.335 e. The van der Waals surface area contributed by atoms with Crippen molar-refractivity contribution >= 4 is 11.6 Å². The van der Waals surface area contributed by atoms with Crippen LogP contribution in [0.4, 0.5) is 0 Å². The van der Waals surface area contributed by atoms with Crippen molar-refractivity contribution in [2.45, 2.75) is 6.54 Å². The minimum atomic E-state index is -0.948. The number of hydrogen-bond acceptors (Lipinski definition) is 5. The van der Waals surface area contributed by atoms with Crippen LogP contribution in [0.5, 0.6) is 0 Å². The van der Waals surface area contributed by atoms with Gasteiger partial charge in [0.05, 0.1) is 12.1 Å². The summed E-state index contributed by atoms with van der Waals surface area (Å²) >= 11 is 0. The van der Waals surface area contributed by atoms with Crippen LogP contribution in [0.15, 0.2) is 18.3 Å². The van der Waals surface area contributed by atoms with Gasteiger partial charge in [0.25, 0.3) is 0 Å². The number of piperazine rings is 1. The summed E-state index contributed by atoms with van der Waals surface area (Å²) in [4.78, 5) is 19.9. The van der Waals surface area contributed by atoms with Crippen molar-refractivity contribution in [3.05, 3.63) is 29.7 Å². The van der Waals surface area contributed by atoms with E-state index in [0.717, 1.165) is 32.0 Å². The molecule has 20 heavy (non-hydrogen) atoms. The number of fused-ring (bicyclic) bond motifs is 1. The molecule has 0 spiro atoms. The van der Waals surface area contributed by atoms with Crippen molar-refractivity contribution in [1.82, 2.24) is 24.4 Å². The largest absolute Gasteiger partial charge is 0.478 e. The van der Waals surface area contributed by atoms with Crippen LogP contribution >= 0.6 is 0 Å². The van der Waals surface area contributed by atoms with Gasteiger partial charge in [0.15, 0.2) is 11.5 Å². The summed E-state index contributed by atoms with van der Waals surface area (Å²) in [6.07, 6.45) is 1.64. The lowest BCUT2D eigenvalue weighted by atomic mass is 10.3. The van der Waals surface area contributed by atoms with Crippen LogP contribution in [0.25, 0.3) is 5.65 Å². The lowest BCUT2D eigenvalue weighted by Crippen LogP contribution is -2.44. The normalized spacial score (nSPS) is 17.6. The predicted molar refractivity (Wildman–Crippen MR) is 72.7 cm³/mol. The average molecular weight is 275 g/mol. The maximum atomic E-state index is 10.9. The molecule has 2 aromatic rings. The standard InChI is InChI=1S/C13H17N5O2/c1-16-4-6-17(7-5-16)9-11-14-12-8-10(13(19)20)2-3-18(12)15-11/h2-3,8H,4-7,9H2,1H3,(H,19,20). The first kappa shape index (κ1) is 13.0. The fourth-order valence-electron chi connectivity index (χ4n) is 2.33. The summed E-state index contributed by atoms with van der Waals surface area (Å²) in [7, 11) is 2.12. The topological polar surface area (TPSA) is 74.0 Å². The van der Waals surface area contributed by atoms with E-state index in [1.165, 1.54) is 6.07 Å². The van der Waals surface area contributed by atoms with Crippen molar-refractivity contribution < 1.29 is 9.90 Å². The number of rotatable bonds is 3. The third-order valence-electron chi connectivity index (χ3n) is 3.59. The van der Waals surface area contributed by atoms with Crippen molar-refractivity contribution in [3.63, 3.8) is 0 Å². The molecule has 0 radical (unpaired) electrons. The van der Waals surface area contributed by atoms with E-state index in [0.29, 0.717) is 12.2 Å². The summed E-state index contributed by atoms with van der Waals surface area (Å²) in [5.74, 6) is -0.215. The Labute approximate surface area is 116 Å².